The first-order valence-electron chi connectivity index (χ1n) is 3.11. The fourth-order valence-electron chi connectivity index (χ4n) is 0.929. The van der Waals surface area contributed by atoms with Gasteiger partial charge in [-0.2, -0.15) is 0 Å². The van der Waals surface area contributed by atoms with Crippen molar-refractivity contribution in [1.29, 1.82) is 0 Å². The van der Waals surface area contributed by atoms with Crippen LogP contribution in [0.4, 0.5) is 0 Å². The maximum atomic E-state index is 5.42. The molecular weight excluding hydrogens is 215 g/mol. The monoisotopic (exact) mass is 226 g/mol. The third-order valence-corrected chi connectivity index (χ3v) is 2.43. The van der Waals surface area contributed by atoms with Crippen LogP contribution in [0.5, 0.6) is 0 Å². The molecule has 0 saturated carbocycles. The Bertz CT molecular complexity index is 59.5. The van der Waals surface area contributed by atoms with E-state index >= 15 is 0 Å². The highest BCUT2D eigenvalue weighted by Gasteiger charge is 2.10. The van der Waals surface area contributed by atoms with Crippen molar-refractivity contribution in [3.05, 3.63) is 0 Å². The predicted octanol–water partition coefficient (Wildman–Crippen LogP) is 1.99. The zero-order chi connectivity index (χ0) is 5.82. The second-order valence-corrected chi connectivity index (χ2v) is 3.02. The Balaban J connectivity index is 2.13. The standard InChI is InChI=1S/C6H11IO/c7-5-6-3-1-2-4-8-6/h6H,1-5H2. The Hall–Kier alpha value is 0.690. The van der Waals surface area contributed by atoms with Gasteiger partial charge in [0.2, 0.25) is 0 Å². The van der Waals surface area contributed by atoms with Gasteiger partial charge in [0.25, 0.3) is 0 Å². The molecule has 0 aromatic heterocycles. The minimum atomic E-state index is 0.573. The van der Waals surface area contributed by atoms with E-state index in [0.717, 1.165) is 11.0 Å². The van der Waals surface area contributed by atoms with Gasteiger partial charge >= 0.3 is 0 Å². The molecule has 0 spiro atoms. The summed E-state index contributed by atoms with van der Waals surface area (Å²) in [6, 6.07) is 0. The third kappa shape index (κ3) is 1.90. The van der Waals surface area contributed by atoms with Crippen molar-refractivity contribution < 1.29 is 4.74 Å². The minimum Gasteiger partial charge on any atom is -0.377 e. The predicted molar refractivity (Wildman–Crippen MR) is 42.5 cm³/mol. The van der Waals surface area contributed by atoms with Crippen molar-refractivity contribution in [2.24, 2.45) is 0 Å². The maximum absolute atomic E-state index is 5.42. The zero-order valence-corrected chi connectivity index (χ0v) is 7.06. The van der Waals surface area contributed by atoms with Crippen LogP contribution in [0.15, 0.2) is 0 Å². The van der Waals surface area contributed by atoms with Gasteiger partial charge in [-0.3, -0.25) is 0 Å². The molecule has 8 heavy (non-hydrogen) atoms. The molecule has 0 amide bonds. The van der Waals surface area contributed by atoms with Crippen molar-refractivity contribution in [3.63, 3.8) is 0 Å². The van der Waals surface area contributed by atoms with E-state index in [4.69, 9.17) is 4.74 Å². The van der Waals surface area contributed by atoms with Crippen molar-refractivity contribution in [1.82, 2.24) is 0 Å². The molecule has 0 aromatic carbocycles. The molecule has 1 unspecified atom stereocenters. The summed E-state index contributed by atoms with van der Waals surface area (Å²) >= 11 is 2.38. The highest BCUT2D eigenvalue weighted by atomic mass is 127. The molecule has 0 aliphatic carbocycles. The lowest BCUT2D eigenvalue weighted by Gasteiger charge is -2.19. The Kier molecular flexibility index (Phi) is 3.12. The van der Waals surface area contributed by atoms with E-state index in [1.54, 1.807) is 0 Å². The SMILES string of the molecule is ICC1CCCCO1. The highest BCUT2D eigenvalue weighted by Crippen LogP contribution is 2.13. The average Bonchev–Trinajstić information content (AvgIpc) is 1.90. The quantitative estimate of drug-likeness (QED) is 0.490. The summed E-state index contributed by atoms with van der Waals surface area (Å²) in [6.07, 6.45) is 4.49. The topological polar surface area (TPSA) is 9.23 Å². The van der Waals surface area contributed by atoms with Gasteiger partial charge in [-0.15, -0.1) is 0 Å². The largest absolute Gasteiger partial charge is 0.377 e. The second kappa shape index (κ2) is 3.67. The number of rotatable bonds is 1. The highest BCUT2D eigenvalue weighted by molar-refractivity contribution is 14.1. The van der Waals surface area contributed by atoms with Gasteiger partial charge in [0.15, 0.2) is 0 Å². The molecule has 1 atom stereocenters. The summed E-state index contributed by atoms with van der Waals surface area (Å²) in [5, 5.41) is 0. The number of halogens is 1. The van der Waals surface area contributed by atoms with Crippen LogP contribution in [0.2, 0.25) is 0 Å². The zero-order valence-electron chi connectivity index (χ0n) is 4.90. The normalized spacial score (nSPS) is 30.4. The van der Waals surface area contributed by atoms with Crippen LogP contribution in [0.3, 0.4) is 0 Å². The number of ether oxygens (including phenoxy) is 1. The first-order chi connectivity index (χ1) is 3.93. The average molecular weight is 226 g/mol. The van der Waals surface area contributed by atoms with Gasteiger partial charge in [0.1, 0.15) is 0 Å². The lowest BCUT2D eigenvalue weighted by atomic mass is 10.1. The van der Waals surface area contributed by atoms with Crippen LogP contribution in [0, 0.1) is 0 Å². The van der Waals surface area contributed by atoms with E-state index < -0.39 is 0 Å². The maximum Gasteiger partial charge on any atom is 0.0664 e. The van der Waals surface area contributed by atoms with Gasteiger partial charge in [0.05, 0.1) is 6.10 Å². The van der Waals surface area contributed by atoms with Gasteiger partial charge in [0, 0.05) is 11.0 Å². The van der Waals surface area contributed by atoms with E-state index in [1.165, 1.54) is 19.3 Å². The molecule has 0 aromatic rings. The molecule has 0 radical (unpaired) electrons. The molecule has 1 fully saturated rings. The Morgan fingerprint density at radius 2 is 2.38 bits per heavy atom. The fraction of sp³-hybridized carbons (Fsp3) is 1.00. The molecule has 1 nitrogen and oxygen atoms in total. The van der Waals surface area contributed by atoms with Crippen LogP contribution in [0.25, 0.3) is 0 Å². The third-order valence-electron chi connectivity index (χ3n) is 1.45. The molecule has 2 heteroatoms. The smallest absolute Gasteiger partial charge is 0.0664 e. The molecule has 1 aliphatic rings. The van der Waals surface area contributed by atoms with E-state index in [1.807, 2.05) is 0 Å². The van der Waals surface area contributed by atoms with E-state index in [2.05, 4.69) is 22.6 Å². The van der Waals surface area contributed by atoms with Crippen molar-refractivity contribution in [2.75, 3.05) is 11.0 Å². The lowest BCUT2D eigenvalue weighted by Crippen LogP contribution is -2.19. The van der Waals surface area contributed by atoms with Crippen LogP contribution < -0.4 is 0 Å². The molecule has 48 valence electrons. The molecule has 1 saturated heterocycles. The summed E-state index contributed by atoms with van der Waals surface area (Å²) in [7, 11) is 0. The number of hydrogen-bond donors (Lipinski definition) is 0. The molecule has 0 N–H and O–H groups in total. The second-order valence-electron chi connectivity index (χ2n) is 2.14. The summed E-state index contributed by atoms with van der Waals surface area (Å²) in [5.41, 5.74) is 0. The molecule has 0 bridgehead atoms. The Morgan fingerprint density at radius 3 is 2.75 bits per heavy atom. The van der Waals surface area contributed by atoms with Crippen molar-refractivity contribution in [2.45, 2.75) is 25.4 Å². The summed E-state index contributed by atoms with van der Waals surface area (Å²) in [5.74, 6) is 0. The molecule has 1 heterocycles. The van der Waals surface area contributed by atoms with Crippen LogP contribution in [-0.4, -0.2) is 17.1 Å². The van der Waals surface area contributed by atoms with E-state index in [9.17, 15) is 0 Å². The van der Waals surface area contributed by atoms with Gasteiger partial charge < -0.3 is 4.74 Å². The molecule has 1 aliphatic heterocycles. The summed E-state index contributed by atoms with van der Waals surface area (Å²) in [6.45, 7) is 0.994. The van der Waals surface area contributed by atoms with Gasteiger partial charge in [-0.05, 0) is 19.3 Å². The fourth-order valence-corrected chi connectivity index (χ4v) is 1.62. The molecule has 1 rings (SSSR count). The van der Waals surface area contributed by atoms with Crippen molar-refractivity contribution in [3.8, 4) is 0 Å². The lowest BCUT2D eigenvalue weighted by molar-refractivity contribution is 0.0333. The first kappa shape index (κ1) is 6.81. The van der Waals surface area contributed by atoms with Crippen LogP contribution >= 0.6 is 22.6 Å². The Labute approximate surface area is 63.9 Å². The van der Waals surface area contributed by atoms with Crippen LogP contribution in [-0.2, 0) is 4.74 Å². The first-order valence-corrected chi connectivity index (χ1v) is 4.63. The molecular formula is C6H11IO. The summed E-state index contributed by atoms with van der Waals surface area (Å²) in [4.78, 5) is 0. The Morgan fingerprint density at radius 1 is 1.50 bits per heavy atom. The van der Waals surface area contributed by atoms with E-state index in [0.29, 0.717) is 6.10 Å². The number of alkyl halides is 1. The minimum absolute atomic E-state index is 0.573. The van der Waals surface area contributed by atoms with Crippen molar-refractivity contribution >= 4 is 22.6 Å². The van der Waals surface area contributed by atoms with Gasteiger partial charge in [-0.1, -0.05) is 22.6 Å². The van der Waals surface area contributed by atoms with Gasteiger partial charge in [-0.25, -0.2) is 0 Å². The van der Waals surface area contributed by atoms with Crippen LogP contribution in [0.1, 0.15) is 19.3 Å². The number of hydrogen-bond acceptors (Lipinski definition) is 1. The summed E-state index contributed by atoms with van der Waals surface area (Å²) < 4.78 is 6.58. The van der Waals surface area contributed by atoms with E-state index in [-0.39, 0.29) is 0 Å².